The lowest BCUT2D eigenvalue weighted by atomic mass is 10.1. The summed E-state index contributed by atoms with van der Waals surface area (Å²) in [6.07, 6.45) is 2.79. The molecule has 0 radical (unpaired) electrons. The average Bonchev–Trinajstić information content (AvgIpc) is 3.11. The summed E-state index contributed by atoms with van der Waals surface area (Å²) < 4.78 is 16.3. The van der Waals surface area contributed by atoms with E-state index in [1.807, 2.05) is 18.2 Å². The third kappa shape index (κ3) is 6.07. The molecule has 0 unspecified atom stereocenters. The normalized spacial score (nSPS) is 16.7. The molecule has 1 aliphatic rings. The Bertz CT molecular complexity index is 994. The van der Waals surface area contributed by atoms with Gasteiger partial charge in [-0.3, -0.25) is 4.79 Å². The maximum atomic E-state index is 12.4. The zero-order valence-electron chi connectivity index (χ0n) is 17.4. The fourth-order valence-electron chi connectivity index (χ4n) is 2.86. The molecule has 0 saturated carbocycles. The summed E-state index contributed by atoms with van der Waals surface area (Å²) in [6.45, 7) is 1.90. The van der Waals surface area contributed by atoms with Gasteiger partial charge in [-0.1, -0.05) is 30.8 Å². The molecule has 0 spiro atoms. The largest absolute Gasteiger partial charge is 0.493 e. The molecule has 1 fully saturated rings. The van der Waals surface area contributed by atoms with E-state index in [0.717, 1.165) is 21.2 Å². The van der Waals surface area contributed by atoms with Crippen molar-refractivity contribution in [2.24, 2.45) is 0 Å². The predicted octanol–water partition coefficient (Wildman–Crippen LogP) is 4.01. The summed E-state index contributed by atoms with van der Waals surface area (Å²) in [7, 11) is 2.82. The monoisotopic (exact) mass is 554 g/mol. The number of halogens is 1. The average molecular weight is 554 g/mol. The lowest BCUT2D eigenvalue weighted by Crippen LogP contribution is -2.30. The highest BCUT2D eigenvalue weighted by Gasteiger charge is 2.27. The van der Waals surface area contributed by atoms with Crippen LogP contribution in [0.1, 0.15) is 18.1 Å². The van der Waals surface area contributed by atoms with Crippen molar-refractivity contribution in [1.29, 1.82) is 0 Å². The minimum atomic E-state index is -0.481. The second kappa shape index (κ2) is 10.8. The molecule has 1 aliphatic heterocycles. The van der Waals surface area contributed by atoms with E-state index in [1.165, 1.54) is 31.5 Å². The van der Waals surface area contributed by atoms with Crippen molar-refractivity contribution < 1.29 is 23.8 Å². The maximum absolute atomic E-state index is 12.4. The number of thioether (sulfide) groups is 1. The van der Waals surface area contributed by atoms with Crippen LogP contribution < -0.4 is 20.1 Å². The number of carbonyl (C=O) groups excluding carboxylic acids is 2. The Morgan fingerprint density at radius 1 is 1.26 bits per heavy atom. The summed E-state index contributed by atoms with van der Waals surface area (Å²) in [6, 6.07) is 11.8. The van der Waals surface area contributed by atoms with Crippen LogP contribution in [0.5, 0.6) is 11.5 Å². The van der Waals surface area contributed by atoms with Crippen LogP contribution >= 0.6 is 34.4 Å². The van der Waals surface area contributed by atoms with Gasteiger partial charge in [0, 0.05) is 5.69 Å². The summed E-state index contributed by atoms with van der Waals surface area (Å²) in [5.41, 5.74) is 2.74. The van der Waals surface area contributed by atoms with E-state index in [9.17, 15) is 9.59 Å². The molecule has 1 saturated heterocycles. The van der Waals surface area contributed by atoms with E-state index < -0.39 is 5.97 Å². The first-order chi connectivity index (χ1) is 14.9. The zero-order chi connectivity index (χ0) is 22.4. The first kappa shape index (κ1) is 23.3. The lowest BCUT2D eigenvalue weighted by molar-refractivity contribution is -0.143. The fourth-order valence-corrected chi connectivity index (χ4v) is 4.62. The van der Waals surface area contributed by atoms with E-state index in [-0.39, 0.29) is 18.0 Å². The molecule has 7 nitrogen and oxygen atoms in total. The summed E-state index contributed by atoms with van der Waals surface area (Å²) in [5.74, 6) is 0.296. The van der Waals surface area contributed by atoms with Crippen LogP contribution in [-0.2, 0) is 20.7 Å². The van der Waals surface area contributed by atoms with Gasteiger partial charge in [-0.2, -0.15) is 0 Å². The van der Waals surface area contributed by atoms with Gasteiger partial charge in [-0.25, -0.2) is 4.79 Å². The number of rotatable bonds is 8. The SMILES string of the molecule is CCc1ccc(N[C@H]2NC(=O)/C(=C/c3cc(I)c(OCC(=O)OC)c(OC)c3)S2)cc1. The molecule has 3 rings (SSSR count). The van der Waals surface area contributed by atoms with Gasteiger partial charge in [-0.05, 0) is 70.5 Å². The summed E-state index contributed by atoms with van der Waals surface area (Å²) >= 11 is 3.52. The molecule has 1 amide bonds. The molecule has 0 bridgehead atoms. The van der Waals surface area contributed by atoms with Crippen molar-refractivity contribution in [2.75, 3.05) is 26.1 Å². The van der Waals surface area contributed by atoms with Gasteiger partial charge < -0.3 is 24.8 Å². The smallest absolute Gasteiger partial charge is 0.343 e. The Hall–Kier alpha value is -2.40. The topological polar surface area (TPSA) is 85.9 Å². The molecule has 1 atom stereocenters. The second-order valence-corrected chi connectivity index (χ2v) is 8.88. The summed E-state index contributed by atoms with van der Waals surface area (Å²) in [4.78, 5) is 24.4. The number of amides is 1. The third-order valence-electron chi connectivity index (χ3n) is 4.50. The number of benzene rings is 2. The standard InChI is InChI=1S/C22H23IN2O5S/c1-4-13-5-7-15(8-6-13)24-22-25-21(27)18(31-22)11-14-9-16(23)20(17(10-14)28-2)30-12-19(26)29-3/h5-11,22,24H,4,12H2,1-3H3,(H,25,27)/b18-11-/t22-/m0/s1. The van der Waals surface area contributed by atoms with E-state index in [1.54, 1.807) is 12.1 Å². The van der Waals surface area contributed by atoms with E-state index in [4.69, 9.17) is 9.47 Å². The summed E-state index contributed by atoms with van der Waals surface area (Å²) in [5, 5.41) is 6.24. The molecular formula is C22H23IN2O5S. The number of hydrogen-bond acceptors (Lipinski definition) is 7. The molecule has 2 aromatic carbocycles. The van der Waals surface area contributed by atoms with Crippen LogP contribution in [0.2, 0.25) is 0 Å². The third-order valence-corrected chi connectivity index (χ3v) is 6.33. The highest BCUT2D eigenvalue weighted by atomic mass is 127. The number of anilines is 1. The Balaban J connectivity index is 1.73. The molecule has 9 heteroatoms. The Labute approximate surface area is 199 Å². The van der Waals surface area contributed by atoms with E-state index in [0.29, 0.717) is 16.4 Å². The van der Waals surface area contributed by atoms with Crippen molar-refractivity contribution >= 4 is 58.0 Å². The highest BCUT2D eigenvalue weighted by Crippen LogP contribution is 2.36. The highest BCUT2D eigenvalue weighted by molar-refractivity contribution is 14.1. The van der Waals surface area contributed by atoms with Gasteiger partial charge >= 0.3 is 5.97 Å². The molecule has 164 valence electrons. The quantitative estimate of drug-likeness (QED) is 0.290. The van der Waals surface area contributed by atoms with Crippen molar-refractivity contribution in [3.63, 3.8) is 0 Å². The van der Waals surface area contributed by atoms with Crippen LogP contribution in [0, 0.1) is 3.57 Å². The number of carbonyl (C=O) groups is 2. The maximum Gasteiger partial charge on any atom is 0.343 e. The Kier molecular flexibility index (Phi) is 8.08. The van der Waals surface area contributed by atoms with Gasteiger partial charge in [-0.15, -0.1) is 0 Å². The van der Waals surface area contributed by atoms with E-state index in [2.05, 4.69) is 57.0 Å². The van der Waals surface area contributed by atoms with Gasteiger partial charge in [0.05, 0.1) is 22.7 Å². The fraction of sp³-hybridized carbons (Fsp3) is 0.273. The van der Waals surface area contributed by atoms with Crippen LogP contribution in [0.25, 0.3) is 6.08 Å². The molecule has 0 aliphatic carbocycles. The number of hydrogen-bond donors (Lipinski definition) is 2. The number of esters is 1. The van der Waals surface area contributed by atoms with Crippen LogP contribution in [0.3, 0.4) is 0 Å². The van der Waals surface area contributed by atoms with Crippen molar-refractivity contribution in [3.05, 3.63) is 56.0 Å². The number of methoxy groups -OCH3 is 2. The zero-order valence-corrected chi connectivity index (χ0v) is 20.3. The van der Waals surface area contributed by atoms with Crippen molar-refractivity contribution in [3.8, 4) is 11.5 Å². The number of nitrogens with one attached hydrogen (secondary N) is 2. The lowest BCUT2D eigenvalue weighted by Gasteiger charge is -2.13. The molecule has 2 aromatic rings. The number of aryl methyl sites for hydroxylation is 1. The van der Waals surface area contributed by atoms with Crippen molar-refractivity contribution in [2.45, 2.75) is 18.8 Å². The van der Waals surface area contributed by atoms with Gasteiger partial charge in [0.25, 0.3) is 5.91 Å². The Morgan fingerprint density at radius 2 is 2.00 bits per heavy atom. The van der Waals surface area contributed by atoms with Gasteiger partial charge in [0.1, 0.15) is 0 Å². The van der Waals surface area contributed by atoms with Crippen LogP contribution in [0.4, 0.5) is 5.69 Å². The minimum Gasteiger partial charge on any atom is -0.493 e. The van der Waals surface area contributed by atoms with Gasteiger partial charge in [0.2, 0.25) is 0 Å². The van der Waals surface area contributed by atoms with Crippen molar-refractivity contribution in [1.82, 2.24) is 5.32 Å². The van der Waals surface area contributed by atoms with E-state index >= 15 is 0 Å². The molecule has 1 heterocycles. The molecule has 31 heavy (non-hydrogen) atoms. The molecular weight excluding hydrogens is 531 g/mol. The minimum absolute atomic E-state index is 0.146. The first-order valence-corrected chi connectivity index (χ1v) is 11.5. The molecule has 0 aromatic heterocycles. The van der Waals surface area contributed by atoms with Gasteiger partial charge in [0.15, 0.2) is 23.6 Å². The van der Waals surface area contributed by atoms with Crippen LogP contribution in [-0.4, -0.2) is 38.2 Å². The second-order valence-electron chi connectivity index (χ2n) is 6.57. The molecule has 2 N–H and O–H groups in total. The Morgan fingerprint density at radius 3 is 2.65 bits per heavy atom. The first-order valence-electron chi connectivity index (χ1n) is 9.55. The predicted molar refractivity (Wildman–Crippen MR) is 130 cm³/mol. The number of ether oxygens (including phenoxy) is 3. The van der Waals surface area contributed by atoms with Crippen LogP contribution in [0.15, 0.2) is 41.3 Å².